The summed E-state index contributed by atoms with van der Waals surface area (Å²) in [6.07, 6.45) is 1.65. The second-order valence-electron chi connectivity index (χ2n) is 3.30. The Hall–Kier alpha value is -1.81. The number of hydrogen-bond donors (Lipinski definition) is 1. The van der Waals surface area contributed by atoms with Gasteiger partial charge in [0, 0.05) is 11.2 Å². The topological polar surface area (TPSA) is 55.1 Å². The highest BCUT2D eigenvalue weighted by Crippen LogP contribution is 2.13. The zero-order chi connectivity index (χ0) is 11.5. The fourth-order valence-electron chi connectivity index (χ4n) is 1.35. The standard InChI is InChI=1S/C11H9ClN2O2/c12-8-1-3-10(4-2-8)14-6-5-9(13-14)7-11(15)16/h1-6H,7H2,(H,15,16). The first-order valence-corrected chi connectivity index (χ1v) is 5.05. The highest BCUT2D eigenvalue weighted by atomic mass is 35.5. The molecule has 0 radical (unpaired) electrons. The number of carboxylic acids is 1. The summed E-state index contributed by atoms with van der Waals surface area (Å²) in [5.41, 5.74) is 1.38. The first-order valence-electron chi connectivity index (χ1n) is 4.67. The minimum atomic E-state index is -0.888. The van der Waals surface area contributed by atoms with Crippen molar-refractivity contribution < 1.29 is 9.90 Å². The maximum atomic E-state index is 10.5. The number of hydrogen-bond acceptors (Lipinski definition) is 2. The summed E-state index contributed by atoms with van der Waals surface area (Å²) in [4.78, 5) is 10.5. The highest BCUT2D eigenvalue weighted by molar-refractivity contribution is 6.30. The van der Waals surface area contributed by atoms with Gasteiger partial charge in [-0.3, -0.25) is 4.79 Å². The van der Waals surface area contributed by atoms with E-state index < -0.39 is 5.97 Å². The second-order valence-corrected chi connectivity index (χ2v) is 3.74. The van der Waals surface area contributed by atoms with Gasteiger partial charge in [-0.05, 0) is 30.3 Å². The summed E-state index contributed by atoms with van der Waals surface area (Å²) >= 11 is 5.77. The molecule has 0 saturated heterocycles. The molecule has 0 unspecified atom stereocenters. The van der Waals surface area contributed by atoms with Crippen molar-refractivity contribution in [2.24, 2.45) is 0 Å². The quantitative estimate of drug-likeness (QED) is 0.889. The number of carboxylic acid groups (broad SMARTS) is 1. The SMILES string of the molecule is O=C(O)Cc1ccn(-c2ccc(Cl)cc2)n1. The summed E-state index contributed by atoms with van der Waals surface area (Å²) < 4.78 is 1.62. The van der Waals surface area contributed by atoms with Gasteiger partial charge in [-0.25, -0.2) is 4.68 Å². The van der Waals surface area contributed by atoms with Crippen molar-refractivity contribution in [3.8, 4) is 5.69 Å². The average Bonchev–Trinajstić information content (AvgIpc) is 2.66. The molecule has 0 spiro atoms. The van der Waals surface area contributed by atoms with Crippen LogP contribution in [0.1, 0.15) is 5.69 Å². The van der Waals surface area contributed by atoms with Crippen molar-refractivity contribution in [1.82, 2.24) is 9.78 Å². The maximum Gasteiger partial charge on any atom is 0.309 e. The molecule has 1 aromatic carbocycles. The van der Waals surface area contributed by atoms with E-state index in [0.717, 1.165) is 5.69 Å². The van der Waals surface area contributed by atoms with Crippen LogP contribution in [0.2, 0.25) is 5.02 Å². The van der Waals surface area contributed by atoms with Gasteiger partial charge >= 0.3 is 5.97 Å². The Balaban J connectivity index is 2.24. The molecule has 5 heteroatoms. The summed E-state index contributed by atoms with van der Waals surface area (Å²) in [6.45, 7) is 0. The van der Waals surface area contributed by atoms with Crippen LogP contribution >= 0.6 is 11.6 Å². The Kier molecular flexibility index (Phi) is 2.92. The summed E-state index contributed by atoms with van der Waals surface area (Å²) in [7, 11) is 0. The lowest BCUT2D eigenvalue weighted by Crippen LogP contribution is -2.02. The van der Waals surface area contributed by atoms with Crippen LogP contribution in [0.15, 0.2) is 36.5 Å². The van der Waals surface area contributed by atoms with Crippen LogP contribution in [0.4, 0.5) is 0 Å². The van der Waals surface area contributed by atoms with Crippen molar-refractivity contribution in [1.29, 1.82) is 0 Å². The monoisotopic (exact) mass is 236 g/mol. The van der Waals surface area contributed by atoms with Crippen LogP contribution in [0.3, 0.4) is 0 Å². The summed E-state index contributed by atoms with van der Waals surface area (Å²) in [6, 6.07) is 8.84. The highest BCUT2D eigenvalue weighted by Gasteiger charge is 2.05. The molecule has 0 aliphatic rings. The lowest BCUT2D eigenvalue weighted by atomic mass is 10.3. The number of nitrogens with zero attached hydrogens (tertiary/aromatic N) is 2. The molecule has 4 nitrogen and oxygen atoms in total. The molecular formula is C11H9ClN2O2. The Bertz CT molecular complexity index is 505. The van der Waals surface area contributed by atoms with Crippen LogP contribution in [0.25, 0.3) is 5.69 Å². The van der Waals surface area contributed by atoms with Crippen molar-refractivity contribution in [2.75, 3.05) is 0 Å². The zero-order valence-corrected chi connectivity index (χ0v) is 9.05. The Morgan fingerprint density at radius 2 is 2.00 bits per heavy atom. The molecule has 82 valence electrons. The summed E-state index contributed by atoms with van der Waals surface area (Å²) in [5, 5.41) is 13.4. The van der Waals surface area contributed by atoms with Gasteiger partial charge in [0.2, 0.25) is 0 Å². The molecule has 0 fully saturated rings. The first-order chi connectivity index (χ1) is 7.65. The van der Waals surface area contributed by atoms with Gasteiger partial charge in [-0.15, -0.1) is 0 Å². The largest absolute Gasteiger partial charge is 0.481 e. The molecular weight excluding hydrogens is 228 g/mol. The zero-order valence-electron chi connectivity index (χ0n) is 8.30. The van der Waals surface area contributed by atoms with Crippen LogP contribution in [0, 0.1) is 0 Å². The van der Waals surface area contributed by atoms with Gasteiger partial charge in [-0.1, -0.05) is 11.6 Å². The van der Waals surface area contributed by atoms with Crippen LogP contribution in [0.5, 0.6) is 0 Å². The van der Waals surface area contributed by atoms with Gasteiger partial charge < -0.3 is 5.11 Å². The van der Waals surface area contributed by atoms with E-state index in [0.29, 0.717) is 10.7 Å². The van der Waals surface area contributed by atoms with Gasteiger partial charge in [0.15, 0.2) is 0 Å². The lowest BCUT2D eigenvalue weighted by Gasteiger charge is -2.00. The average molecular weight is 237 g/mol. The summed E-state index contributed by atoms with van der Waals surface area (Å²) in [5.74, 6) is -0.888. The second kappa shape index (κ2) is 4.37. The minimum Gasteiger partial charge on any atom is -0.481 e. The predicted molar refractivity (Wildman–Crippen MR) is 59.9 cm³/mol. The predicted octanol–water partition coefficient (Wildman–Crippen LogP) is 2.15. The Labute approximate surface area is 97.1 Å². The smallest absolute Gasteiger partial charge is 0.309 e. The fraction of sp³-hybridized carbons (Fsp3) is 0.0909. The van der Waals surface area contributed by atoms with E-state index in [1.165, 1.54) is 0 Å². The molecule has 1 N–H and O–H groups in total. The minimum absolute atomic E-state index is 0.0689. The van der Waals surface area contributed by atoms with E-state index in [4.69, 9.17) is 16.7 Å². The molecule has 1 aromatic heterocycles. The van der Waals surface area contributed by atoms with Gasteiger partial charge in [0.1, 0.15) is 0 Å². The number of aromatic nitrogens is 2. The number of benzene rings is 1. The van der Waals surface area contributed by atoms with E-state index in [1.54, 1.807) is 29.1 Å². The van der Waals surface area contributed by atoms with Gasteiger partial charge in [-0.2, -0.15) is 5.10 Å². The molecule has 2 aromatic rings. The molecule has 0 atom stereocenters. The van der Waals surface area contributed by atoms with Crippen LogP contribution in [-0.2, 0) is 11.2 Å². The van der Waals surface area contributed by atoms with E-state index in [9.17, 15) is 4.79 Å². The van der Waals surface area contributed by atoms with E-state index in [1.807, 2.05) is 12.1 Å². The Morgan fingerprint density at radius 3 is 2.62 bits per heavy atom. The van der Waals surface area contributed by atoms with Gasteiger partial charge in [0.05, 0.1) is 17.8 Å². The molecule has 0 amide bonds. The van der Waals surface area contributed by atoms with Crippen LogP contribution in [-0.4, -0.2) is 20.9 Å². The fourth-order valence-corrected chi connectivity index (χ4v) is 1.47. The third-order valence-corrected chi connectivity index (χ3v) is 2.32. The number of carbonyl (C=O) groups is 1. The third kappa shape index (κ3) is 2.41. The molecule has 0 aliphatic heterocycles. The van der Waals surface area contributed by atoms with Gasteiger partial charge in [0.25, 0.3) is 0 Å². The Morgan fingerprint density at radius 1 is 1.31 bits per heavy atom. The molecule has 2 rings (SSSR count). The molecule has 1 heterocycles. The molecule has 0 bridgehead atoms. The van der Waals surface area contributed by atoms with E-state index in [2.05, 4.69) is 5.10 Å². The molecule has 16 heavy (non-hydrogen) atoms. The lowest BCUT2D eigenvalue weighted by molar-refractivity contribution is -0.136. The van der Waals surface area contributed by atoms with E-state index in [-0.39, 0.29) is 6.42 Å². The first kappa shape index (κ1) is 10.7. The normalized spacial score (nSPS) is 10.3. The van der Waals surface area contributed by atoms with Crippen molar-refractivity contribution in [3.05, 3.63) is 47.2 Å². The number of halogens is 1. The van der Waals surface area contributed by atoms with Crippen molar-refractivity contribution in [2.45, 2.75) is 6.42 Å². The van der Waals surface area contributed by atoms with E-state index >= 15 is 0 Å². The molecule has 0 saturated carbocycles. The maximum absolute atomic E-state index is 10.5. The van der Waals surface area contributed by atoms with Crippen molar-refractivity contribution >= 4 is 17.6 Å². The van der Waals surface area contributed by atoms with Crippen molar-refractivity contribution in [3.63, 3.8) is 0 Å². The molecule has 0 aliphatic carbocycles. The number of aliphatic carboxylic acids is 1. The van der Waals surface area contributed by atoms with Crippen LogP contribution < -0.4 is 0 Å². The number of rotatable bonds is 3. The third-order valence-electron chi connectivity index (χ3n) is 2.07.